The molecule has 2 fully saturated rings. The molecule has 0 radical (unpaired) electrons. The summed E-state index contributed by atoms with van der Waals surface area (Å²) >= 11 is 0. The highest BCUT2D eigenvalue weighted by Gasteiger charge is 2.55. The predicted octanol–water partition coefficient (Wildman–Crippen LogP) is 3.74. The van der Waals surface area contributed by atoms with E-state index in [0.29, 0.717) is 5.56 Å². The Morgan fingerprint density at radius 1 is 1.50 bits per heavy atom. The van der Waals surface area contributed by atoms with Gasteiger partial charge in [-0.05, 0) is 49.0 Å². The van der Waals surface area contributed by atoms with Gasteiger partial charge >= 0.3 is 0 Å². The topological polar surface area (TPSA) is 17.8 Å². The van der Waals surface area contributed by atoms with E-state index in [1.54, 1.807) is 17.8 Å². The zero-order chi connectivity index (χ0) is 13.1. The summed E-state index contributed by atoms with van der Waals surface area (Å²) in [5.74, 6) is -1.14. The molecule has 2 saturated carbocycles. The monoisotopic (exact) mass is 254 g/mol. The lowest BCUT2D eigenvalue weighted by molar-refractivity contribution is -0.115. The highest BCUT2D eigenvalue weighted by atomic mass is 19.3. The fourth-order valence-electron chi connectivity index (χ4n) is 3.91. The summed E-state index contributed by atoms with van der Waals surface area (Å²) in [5, 5.41) is 4.10. The van der Waals surface area contributed by atoms with E-state index in [0.717, 1.165) is 25.3 Å². The maximum atomic E-state index is 13.3. The molecule has 18 heavy (non-hydrogen) atoms. The van der Waals surface area contributed by atoms with Crippen molar-refractivity contribution in [2.75, 3.05) is 0 Å². The van der Waals surface area contributed by atoms with Crippen LogP contribution in [0, 0.1) is 24.2 Å². The Labute approximate surface area is 106 Å². The molecule has 4 heteroatoms. The maximum Gasteiger partial charge on any atom is 0.289 e. The van der Waals surface area contributed by atoms with E-state index < -0.39 is 5.92 Å². The van der Waals surface area contributed by atoms with Crippen LogP contribution in [0.5, 0.6) is 0 Å². The molecule has 0 N–H and O–H groups in total. The summed E-state index contributed by atoms with van der Waals surface area (Å²) in [7, 11) is 0. The minimum absolute atomic E-state index is 0.0735. The first-order chi connectivity index (χ1) is 8.29. The van der Waals surface area contributed by atoms with Crippen molar-refractivity contribution < 1.29 is 8.78 Å². The van der Waals surface area contributed by atoms with Crippen molar-refractivity contribution in [3.63, 3.8) is 0 Å². The average Bonchev–Trinajstić information content (AvgIpc) is 2.54. The number of halogens is 2. The third-order valence-corrected chi connectivity index (χ3v) is 4.92. The minimum Gasteiger partial charge on any atom is -0.271 e. The molecule has 100 valence electrons. The Bertz CT molecular complexity index is 475. The molecule has 0 aromatic carbocycles. The van der Waals surface area contributed by atoms with Gasteiger partial charge in [0.05, 0.1) is 0 Å². The number of alkyl halides is 2. The van der Waals surface area contributed by atoms with Crippen molar-refractivity contribution in [2.45, 2.75) is 52.5 Å². The van der Waals surface area contributed by atoms with Crippen molar-refractivity contribution in [1.82, 2.24) is 9.78 Å². The second-order valence-corrected chi connectivity index (χ2v) is 6.55. The first-order valence-corrected chi connectivity index (χ1v) is 6.72. The number of fused-ring (bicyclic) bond motifs is 1. The average molecular weight is 254 g/mol. The van der Waals surface area contributed by atoms with Gasteiger partial charge in [-0.3, -0.25) is 4.68 Å². The number of hydrogen-bond donors (Lipinski definition) is 0. The minimum atomic E-state index is -2.84. The van der Waals surface area contributed by atoms with Crippen LogP contribution in [0.1, 0.15) is 44.4 Å². The van der Waals surface area contributed by atoms with Gasteiger partial charge in [-0.1, -0.05) is 6.92 Å². The normalized spacial score (nSPS) is 34.7. The molecule has 0 bridgehead atoms. The molecule has 3 rings (SSSR count). The zero-order valence-electron chi connectivity index (χ0n) is 11.2. The fraction of sp³-hybridized carbons (Fsp3) is 0.786. The lowest BCUT2D eigenvalue weighted by Crippen LogP contribution is -2.54. The van der Waals surface area contributed by atoms with Gasteiger partial charge in [0, 0.05) is 19.7 Å². The van der Waals surface area contributed by atoms with E-state index in [9.17, 15) is 8.78 Å². The number of hydrogen-bond acceptors (Lipinski definition) is 1. The van der Waals surface area contributed by atoms with Crippen molar-refractivity contribution in [3.05, 3.63) is 17.5 Å². The van der Waals surface area contributed by atoms with Gasteiger partial charge in [0.1, 0.15) is 5.69 Å². The second-order valence-electron chi connectivity index (χ2n) is 6.55. The summed E-state index contributed by atoms with van der Waals surface area (Å²) < 4.78 is 28.4. The maximum absolute atomic E-state index is 13.3. The highest BCUT2D eigenvalue weighted by Crippen LogP contribution is 2.62. The summed E-state index contributed by atoms with van der Waals surface area (Å²) in [4.78, 5) is 0. The van der Waals surface area contributed by atoms with Gasteiger partial charge < -0.3 is 0 Å². The molecule has 0 aliphatic heterocycles. The van der Waals surface area contributed by atoms with Crippen LogP contribution in [0.15, 0.2) is 6.20 Å². The van der Waals surface area contributed by atoms with Crippen LogP contribution in [0.3, 0.4) is 0 Å². The molecular weight excluding hydrogens is 234 g/mol. The number of aryl methyl sites for hydroxylation is 1. The zero-order valence-corrected chi connectivity index (χ0v) is 11.2. The van der Waals surface area contributed by atoms with Gasteiger partial charge in [0.15, 0.2) is 0 Å². The molecule has 3 unspecified atom stereocenters. The summed E-state index contributed by atoms with van der Waals surface area (Å²) in [6, 6.07) is 0. The van der Waals surface area contributed by atoms with Gasteiger partial charge in [0.25, 0.3) is 5.92 Å². The number of rotatable bonds is 3. The van der Waals surface area contributed by atoms with Gasteiger partial charge in [-0.2, -0.15) is 13.9 Å². The Hall–Kier alpha value is -0.930. The fourth-order valence-corrected chi connectivity index (χ4v) is 3.91. The smallest absolute Gasteiger partial charge is 0.271 e. The molecule has 1 aromatic heterocycles. The van der Waals surface area contributed by atoms with E-state index in [2.05, 4.69) is 12.0 Å². The SMILES string of the molecule is Cc1cn(CC2(C)CC3CCC32)nc1C(C)(F)F. The Morgan fingerprint density at radius 3 is 2.61 bits per heavy atom. The number of nitrogens with zero attached hydrogens (tertiary/aromatic N) is 2. The van der Waals surface area contributed by atoms with Crippen molar-refractivity contribution >= 4 is 0 Å². The first kappa shape index (κ1) is 12.1. The molecule has 3 atom stereocenters. The quantitative estimate of drug-likeness (QED) is 0.803. The first-order valence-electron chi connectivity index (χ1n) is 6.72. The van der Waals surface area contributed by atoms with Crippen LogP contribution in [-0.2, 0) is 12.5 Å². The van der Waals surface area contributed by atoms with Crippen LogP contribution in [0.4, 0.5) is 8.78 Å². The summed E-state index contributed by atoms with van der Waals surface area (Å²) in [5.41, 5.74) is 0.799. The third-order valence-electron chi connectivity index (χ3n) is 4.92. The van der Waals surface area contributed by atoms with Gasteiger partial charge in [-0.15, -0.1) is 0 Å². The highest BCUT2D eigenvalue weighted by molar-refractivity contribution is 5.19. The van der Waals surface area contributed by atoms with Gasteiger partial charge in [-0.25, -0.2) is 0 Å². The van der Waals surface area contributed by atoms with Crippen LogP contribution >= 0.6 is 0 Å². The molecule has 2 aliphatic rings. The van der Waals surface area contributed by atoms with E-state index in [1.165, 1.54) is 19.3 Å². The predicted molar refractivity (Wildman–Crippen MR) is 65.5 cm³/mol. The molecule has 1 aromatic rings. The van der Waals surface area contributed by atoms with Crippen molar-refractivity contribution in [2.24, 2.45) is 17.3 Å². The van der Waals surface area contributed by atoms with E-state index >= 15 is 0 Å². The second kappa shape index (κ2) is 3.55. The van der Waals surface area contributed by atoms with Crippen LogP contribution in [0.2, 0.25) is 0 Å². The van der Waals surface area contributed by atoms with Crippen molar-refractivity contribution in [1.29, 1.82) is 0 Å². The largest absolute Gasteiger partial charge is 0.289 e. The van der Waals surface area contributed by atoms with Crippen molar-refractivity contribution in [3.8, 4) is 0 Å². The Kier molecular flexibility index (Phi) is 2.39. The molecule has 2 nitrogen and oxygen atoms in total. The number of aromatic nitrogens is 2. The molecule has 0 spiro atoms. The Morgan fingerprint density at radius 2 is 2.22 bits per heavy atom. The summed E-state index contributed by atoms with van der Waals surface area (Å²) in [6.07, 6.45) is 5.66. The third kappa shape index (κ3) is 1.69. The van der Waals surface area contributed by atoms with E-state index in [-0.39, 0.29) is 11.1 Å². The molecular formula is C14H20F2N2. The Balaban J connectivity index is 1.78. The molecule has 2 aliphatic carbocycles. The van der Waals surface area contributed by atoms with E-state index in [4.69, 9.17) is 0 Å². The van der Waals surface area contributed by atoms with Crippen LogP contribution < -0.4 is 0 Å². The van der Waals surface area contributed by atoms with Gasteiger partial charge in [0.2, 0.25) is 0 Å². The molecule has 1 heterocycles. The standard InChI is InChI=1S/C14H20F2N2/c1-9-7-18(17-12(9)14(3,15)16)8-13(2)6-10-4-5-11(10)13/h7,10-11H,4-6,8H2,1-3H3. The lowest BCUT2D eigenvalue weighted by Gasteiger charge is -2.60. The lowest BCUT2D eigenvalue weighted by atomic mass is 9.45. The molecule has 0 amide bonds. The molecule has 0 saturated heterocycles. The van der Waals surface area contributed by atoms with Crippen LogP contribution in [-0.4, -0.2) is 9.78 Å². The van der Waals surface area contributed by atoms with Crippen LogP contribution in [0.25, 0.3) is 0 Å². The van der Waals surface area contributed by atoms with E-state index in [1.807, 2.05) is 0 Å². The summed E-state index contributed by atoms with van der Waals surface area (Å²) in [6.45, 7) is 5.68.